The first kappa shape index (κ1) is 14.8. The number of carbonyl (C=O) groups excluding carboxylic acids is 1. The predicted molar refractivity (Wildman–Crippen MR) is 74.5 cm³/mol. The fourth-order valence-corrected chi connectivity index (χ4v) is 1.68. The Morgan fingerprint density at radius 1 is 1.24 bits per heavy atom. The summed E-state index contributed by atoms with van der Waals surface area (Å²) in [5.74, 6) is 0.852. The Bertz CT molecular complexity index is 597. The second-order valence-electron chi connectivity index (χ2n) is 4.05. The molecule has 0 saturated carbocycles. The van der Waals surface area contributed by atoms with E-state index >= 15 is 0 Å². The van der Waals surface area contributed by atoms with Gasteiger partial charge in [-0.1, -0.05) is 12.1 Å². The summed E-state index contributed by atoms with van der Waals surface area (Å²) in [6.45, 7) is 3.34. The average Bonchev–Trinajstić information content (AvgIpc) is 2.97. The summed E-state index contributed by atoms with van der Waals surface area (Å²) in [5.41, 5.74) is 0. The molecule has 2 aromatic rings. The van der Waals surface area contributed by atoms with Gasteiger partial charge in [0.15, 0.2) is 11.5 Å². The van der Waals surface area contributed by atoms with Gasteiger partial charge in [-0.25, -0.2) is 14.5 Å². The van der Waals surface area contributed by atoms with Crippen LogP contribution in [-0.2, 0) is 11.3 Å². The Balaban J connectivity index is 1.89. The van der Waals surface area contributed by atoms with Crippen molar-refractivity contribution in [2.45, 2.75) is 13.5 Å². The molecule has 0 aliphatic heterocycles. The number of rotatable bonds is 7. The van der Waals surface area contributed by atoms with Gasteiger partial charge in [0.05, 0.1) is 20.3 Å². The zero-order valence-corrected chi connectivity index (χ0v) is 12.0. The molecule has 0 radical (unpaired) electrons. The summed E-state index contributed by atoms with van der Waals surface area (Å²) >= 11 is 0. The molecule has 0 aliphatic rings. The van der Waals surface area contributed by atoms with Crippen LogP contribution in [0.4, 0.5) is 0 Å². The van der Waals surface area contributed by atoms with Crippen molar-refractivity contribution in [1.82, 2.24) is 14.8 Å². The van der Waals surface area contributed by atoms with Crippen LogP contribution in [0.2, 0.25) is 0 Å². The molecule has 0 saturated heterocycles. The lowest BCUT2D eigenvalue weighted by atomic mass is 10.3. The van der Waals surface area contributed by atoms with Gasteiger partial charge in [-0.15, -0.1) is 5.10 Å². The summed E-state index contributed by atoms with van der Waals surface area (Å²) < 4.78 is 17.2. The number of hydrogen-bond donors (Lipinski definition) is 0. The lowest BCUT2D eigenvalue weighted by Gasteiger charge is -2.11. The Hall–Kier alpha value is -2.57. The number of esters is 1. The molecule has 0 aliphatic carbocycles. The molecule has 0 N–H and O–H groups in total. The highest BCUT2D eigenvalue weighted by Crippen LogP contribution is 2.26. The van der Waals surface area contributed by atoms with Crippen molar-refractivity contribution in [3.8, 4) is 11.5 Å². The Labute approximate surface area is 122 Å². The summed E-state index contributed by atoms with van der Waals surface area (Å²) in [4.78, 5) is 15.1. The van der Waals surface area contributed by atoms with Gasteiger partial charge in [-0.05, 0) is 19.1 Å². The first-order valence-corrected chi connectivity index (χ1v) is 6.57. The smallest absolute Gasteiger partial charge is 0.377 e. The lowest BCUT2D eigenvalue weighted by molar-refractivity contribution is 0.0586. The summed E-state index contributed by atoms with van der Waals surface area (Å²) in [6.07, 6.45) is 1.46. The molecular formula is C14H17N3O4. The average molecular weight is 291 g/mol. The fraction of sp³-hybridized carbons (Fsp3) is 0.357. The molecule has 1 aromatic carbocycles. The van der Waals surface area contributed by atoms with Crippen molar-refractivity contribution in [3.05, 3.63) is 36.4 Å². The monoisotopic (exact) mass is 291 g/mol. The maximum absolute atomic E-state index is 11.2. The number of aromatic nitrogens is 3. The number of para-hydroxylation sites is 2. The molecule has 21 heavy (non-hydrogen) atoms. The summed E-state index contributed by atoms with van der Waals surface area (Å²) in [6, 6.07) is 7.45. The van der Waals surface area contributed by atoms with Crippen LogP contribution >= 0.6 is 0 Å². The van der Waals surface area contributed by atoms with E-state index in [1.54, 1.807) is 0 Å². The number of ether oxygens (including phenoxy) is 3. The molecule has 1 heterocycles. The van der Waals surface area contributed by atoms with Gasteiger partial charge in [0.25, 0.3) is 5.82 Å². The van der Waals surface area contributed by atoms with Gasteiger partial charge in [-0.3, -0.25) is 0 Å². The van der Waals surface area contributed by atoms with Crippen LogP contribution in [0.15, 0.2) is 30.6 Å². The van der Waals surface area contributed by atoms with Gasteiger partial charge in [0.2, 0.25) is 0 Å². The minimum atomic E-state index is -0.559. The van der Waals surface area contributed by atoms with Crippen molar-refractivity contribution in [2.24, 2.45) is 0 Å². The molecule has 2 rings (SSSR count). The number of hydrogen-bond acceptors (Lipinski definition) is 6. The Morgan fingerprint density at radius 3 is 2.62 bits per heavy atom. The van der Waals surface area contributed by atoms with Crippen LogP contribution in [0.3, 0.4) is 0 Å². The van der Waals surface area contributed by atoms with E-state index in [-0.39, 0.29) is 5.82 Å². The standard InChI is InChI=1S/C14H17N3O4/c1-3-20-11-6-4-5-7-12(11)21-9-8-17-10-15-13(16-17)14(18)19-2/h4-7,10H,3,8-9H2,1-2H3. The van der Waals surface area contributed by atoms with Crippen LogP contribution in [-0.4, -0.2) is 41.1 Å². The van der Waals surface area contributed by atoms with Crippen LogP contribution in [0.1, 0.15) is 17.5 Å². The number of carbonyl (C=O) groups is 1. The fourth-order valence-electron chi connectivity index (χ4n) is 1.68. The Morgan fingerprint density at radius 2 is 1.95 bits per heavy atom. The molecule has 0 spiro atoms. The van der Waals surface area contributed by atoms with E-state index in [2.05, 4.69) is 14.8 Å². The molecule has 0 fully saturated rings. The third-order valence-electron chi connectivity index (χ3n) is 2.63. The van der Waals surface area contributed by atoms with Crippen molar-refractivity contribution in [3.63, 3.8) is 0 Å². The number of nitrogens with zero attached hydrogens (tertiary/aromatic N) is 3. The maximum Gasteiger partial charge on any atom is 0.377 e. The Kier molecular flexibility index (Phi) is 5.14. The van der Waals surface area contributed by atoms with E-state index in [1.807, 2.05) is 31.2 Å². The van der Waals surface area contributed by atoms with Crippen molar-refractivity contribution in [2.75, 3.05) is 20.3 Å². The molecule has 7 nitrogen and oxygen atoms in total. The number of methoxy groups -OCH3 is 1. The zero-order chi connectivity index (χ0) is 15.1. The molecule has 0 unspecified atom stereocenters. The van der Waals surface area contributed by atoms with Crippen LogP contribution in [0.25, 0.3) is 0 Å². The van der Waals surface area contributed by atoms with E-state index in [4.69, 9.17) is 9.47 Å². The third kappa shape index (κ3) is 3.95. The minimum Gasteiger partial charge on any atom is -0.490 e. The second-order valence-corrected chi connectivity index (χ2v) is 4.05. The lowest BCUT2D eigenvalue weighted by Crippen LogP contribution is -2.11. The SMILES string of the molecule is CCOc1ccccc1OCCn1cnc(C(=O)OC)n1. The largest absolute Gasteiger partial charge is 0.490 e. The molecule has 0 bridgehead atoms. The van der Waals surface area contributed by atoms with Crippen LogP contribution < -0.4 is 9.47 Å². The van der Waals surface area contributed by atoms with Gasteiger partial charge < -0.3 is 14.2 Å². The van der Waals surface area contributed by atoms with Crippen molar-refractivity contribution < 1.29 is 19.0 Å². The zero-order valence-electron chi connectivity index (χ0n) is 12.0. The minimum absolute atomic E-state index is 0.0345. The van der Waals surface area contributed by atoms with E-state index in [1.165, 1.54) is 18.1 Å². The topological polar surface area (TPSA) is 75.5 Å². The van der Waals surface area contributed by atoms with Crippen molar-refractivity contribution >= 4 is 5.97 Å². The van der Waals surface area contributed by atoms with Crippen LogP contribution in [0.5, 0.6) is 11.5 Å². The highest BCUT2D eigenvalue weighted by atomic mass is 16.5. The first-order valence-electron chi connectivity index (χ1n) is 6.57. The maximum atomic E-state index is 11.2. The molecular weight excluding hydrogens is 274 g/mol. The summed E-state index contributed by atoms with van der Waals surface area (Å²) in [5, 5.41) is 3.99. The second kappa shape index (κ2) is 7.28. The van der Waals surface area contributed by atoms with Gasteiger partial charge in [0.1, 0.15) is 12.9 Å². The molecule has 7 heteroatoms. The van der Waals surface area contributed by atoms with Crippen LogP contribution in [0, 0.1) is 0 Å². The van der Waals surface area contributed by atoms with Gasteiger partial charge >= 0.3 is 5.97 Å². The van der Waals surface area contributed by atoms with E-state index in [0.717, 1.165) is 0 Å². The van der Waals surface area contributed by atoms with Gasteiger partial charge in [-0.2, -0.15) is 0 Å². The van der Waals surface area contributed by atoms with E-state index in [0.29, 0.717) is 31.3 Å². The molecule has 1 aromatic heterocycles. The quantitative estimate of drug-likeness (QED) is 0.720. The van der Waals surface area contributed by atoms with Gasteiger partial charge in [0, 0.05) is 0 Å². The van der Waals surface area contributed by atoms with E-state index < -0.39 is 5.97 Å². The molecule has 0 atom stereocenters. The highest BCUT2D eigenvalue weighted by Gasteiger charge is 2.11. The third-order valence-corrected chi connectivity index (χ3v) is 2.63. The first-order chi connectivity index (χ1) is 10.2. The predicted octanol–water partition coefficient (Wildman–Crippen LogP) is 1.54. The summed E-state index contributed by atoms with van der Waals surface area (Å²) in [7, 11) is 1.29. The van der Waals surface area contributed by atoms with Crippen molar-refractivity contribution in [1.29, 1.82) is 0 Å². The molecule has 0 amide bonds. The van der Waals surface area contributed by atoms with E-state index in [9.17, 15) is 4.79 Å². The normalized spacial score (nSPS) is 10.2. The molecule has 112 valence electrons. The highest BCUT2D eigenvalue weighted by molar-refractivity contribution is 5.84. The number of benzene rings is 1.